The Labute approximate surface area is 142 Å². The van der Waals surface area contributed by atoms with Crippen LogP contribution in [0.4, 0.5) is 0 Å². The van der Waals surface area contributed by atoms with E-state index in [-0.39, 0.29) is 5.56 Å². The highest BCUT2D eigenvalue weighted by Crippen LogP contribution is 2.27. The number of hydrogen-bond donors (Lipinski definition) is 1. The summed E-state index contributed by atoms with van der Waals surface area (Å²) in [6.45, 7) is -0.565. The first-order valence-corrected chi connectivity index (χ1v) is 7.70. The first-order valence-electron chi connectivity index (χ1n) is 6.82. The van der Waals surface area contributed by atoms with Crippen molar-refractivity contribution in [3.05, 3.63) is 46.2 Å². The molecule has 24 heavy (non-hydrogen) atoms. The third-order valence-corrected chi connectivity index (χ3v) is 3.82. The molecule has 2 aromatic rings. The maximum atomic E-state index is 11.9. The van der Waals surface area contributed by atoms with Gasteiger partial charge in [-0.15, -0.1) is 11.3 Å². The number of amides is 2. The van der Waals surface area contributed by atoms with Crippen LogP contribution in [-0.4, -0.2) is 38.6 Å². The molecule has 0 aliphatic carbocycles. The van der Waals surface area contributed by atoms with Crippen LogP contribution >= 0.6 is 11.3 Å². The molecule has 0 radical (unpaired) electrons. The number of thiophene rings is 1. The summed E-state index contributed by atoms with van der Waals surface area (Å²) in [5, 5.41) is 3.86. The summed E-state index contributed by atoms with van der Waals surface area (Å²) in [4.78, 5) is 35.7. The van der Waals surface area contributed by atoms with E-state index < -0.39 is 24.4 Å². The van der Waals surface area contributed by atoms with Gasteiger partial charge < -0.3 is 14.2 Å². The smallest absolute Gasteiger partial charge is 0.338 e. The van der Waals surface area contributed by atoms with Gasteiger partial charge in [-0.25, -0.2) is 4.79 Å². The Hall–Kier alpha value is -2.87. The molecule has 0 unspecified atom stereocenters. The average molecular weight is 349 g/mol. The molecule has 0 atom stereocenters. The normalized spacial score (nSPS) is 9.92. The minimum absolute atomic E-state index is 0.199. The second-order valence-electron chi connectivity index (χ2n) is 4.50. The number of ether oxygens (including phenoxy) is 3. The molecule has 1 heterocycles. The number of methoxy groups -OCH3 is 2. The first-order chi connectivity index (χ1) is 11.5. The predicted molar refractivity (Wildman–Crippen MR) is 86.6 cm³/mol. The number of imide groups is 1. The molecule has 1 aromatic carbocycles. The summed E-state index contributed by atoms with van der Waals surface area (Å²) in [7, 11) is 2.92. The molecule has 2 amide bonds. The van der Waals surface area contributed by atoms with E-state index in [1.54, 1.807) is 23.6 Å². The topological polar surface area (TPSA) is 90.9 Å². The van der Waals surface area contributed by atoms with Crippen molar-refractivity contribution in [1.29, 1.82) is 0 Å². The van der Waals surface area contributed by atoms with Crippen LogP contribution in [0.3, 0.4) is 0 Å². The Morgan fingerprint density at radius 1 is 1.08 bits per heavy atom. The van der Waals surface area contributed by atoms with E-state index in [1.807, 2.05) is 0 Å². The van der Waals surface area contributed by atoms with Crippen molar-refractivity contribution >= 4 is 29.1 Å². The maximum Gasteiger partial charge on any atom is 0.338 e. The molecule has 7 nitrogen and oxygen atoms in total. The molecular formula is C16H15NO6S. The van der Waals surface area contributed by atoms with Gasteiger partial charge in [0.25, 0.3) is 11.8 Å². The van der Waals surface area contributed by atoms with Crippen molar-refractivity contribution in [2.24, 2.45) is 0 Å². The molecule has 1 N–H and O–H groups in total. The van der Waals surface area contributed by atoms with Gasteiger partial charge in [0.15, 0.2) is 18.1 Å². The lowest BCUT2D eigenvalue weighted by atomic mass is 10.2. The van der Waals surface area contributed by atoms with E-state index in [9.17, 15) is 14.4 Å². The van der Waals surface area contributed by atoms with Gasteiger partial charge in [0.1, 0.15) is 0 Å². The summed E-state index contributed by atoms with van der Waals surface area (Å²) in [6, 6.07) is 7.76. The predicted octanol–water partition coefficient (Wildman–Crippen LogP) is 1.88. The van der Waals surface area contributed by atoms with E-state index in [2.05, 4.69) is 5.32 Å². The van der Waals surface area contributed by atoms with E-state index in [0.29, 0.717) is 16.4 Å². The highest BCUT2D eigenvalue weighted by Gasteiger charge is 2.15. The quantitative estimate of drug-likeness (QED) is 0.801. The second-order valence-corrected chi connectivity index (χ2v) is 5.45. The molecule has 0 saturated heterocycles. The Bertz CT molecular complexity index is 741. The van der Waals surface area contributed by atoms with Crippen molar-refractivity contribution in [2.45, 2.75) is 0 Å². The average Bonchev–Trinajstić information content (AvgIpc) is 3.13. The van der Waals surface area contributed by atoms with Crippen LogP contribution in [0.15, 0.2) is 35.7 Å². The van der Waals surface area contributed by atoms with Gasteiger partial charge in [0, 0.05) is 0 Å². The number of esters is 1. The highest BCUT2D eigenvalue weighted by molar-refractivity contribution is 7.12. The molecule has 0 bridgehead atoms. The lowest BCUT2D eigenvalue weighted by molar-refractivity contribution is -0.123. The van der Waals surface area contributed by atoms with Crippen LogP contribution in [0, 0.1) is 0 Å². The van der Waals surface area contributed by atoms with Gasteiger partial charge in [-0.3, -0.25) is 14.9 Å². The van der Waals surface area contributed by atoms with Gasteiger partial charge in [-0.05, 0) is 29.6 Å². The zero-order valence-electron chi connectivity index (χ0n) is 13.0. The number of hydrogen-bond acceptors (Lipinski definition) is 7. The Kier molecular flexibility index (Phi) is 5.91. The molecule has 2 rings (SSSR count). The fraction of sp³-hybridized carbons (Fsp3) is 0.188. The van der Waals surface area contributed by atoms with Crippen molar-refractivity contribution in [1.82, 2.24) is 5.32 Å². The maximum absolute atomic E-state index is 11.9. The Morgan fingerprint density at radius 3 is 2.46 bits per heavy atom. The van der Waals surface area contributed by atoms with E-state index in [0.717, 1.165) is 0 Å². The Morgan fingerprint density at radius 2 is 1.83 bits per heavy atom. The zero-order valence-corrected chi connectivity index (χ0v) is 13.8. The summed E-state index contributed by atoms with van der Waals surface area (Å²) in [6.07, 6.45) is 0. The van der Waals surface area contributed by atoms with Crippen molar-refractivity contribution in [3.63, 3.8) is 0 Å². The fourth-order valence-electron chi connectivity index (χ4n) is 1.81. The van der Waals surface area contributed by atoms with Crippen LogP contribution < -0.4 is 14.8 Å². The number of carbonyl (C=O) groups is 3. The van der Waals surface area contributed by atoms with E-state index in [1.165, 1.54) is 37.7 Å². The lowest BCUT2D eigenvalue weighted by Crippen LogP contribution is -2.33. The van der Waals surface area contributed by atoms with Gasteiger partial charge in [0.2, 0.25) is 0 Å². The molecule has 126 valence electrons. The van der Waals surface area contributed by atoms with Crippen molar-refractivity contribution in [3.8, 4) is 11.5 Å². The standard InChI is InChI=1S/C16H15NO6S/c1-21-11-6-5-10(8-12(11)22-2)16(20)23-9-14(18)17-15(19)13-4-3-7-24-13/h3-8H,9H2,1-2H3,(H,17,18,19). The minimum atomic E-state index is -0.713. The van der Waals surface area contributed by atoms with Crippen LogP contribution in [0.2, 0.25) is 0 Å². The zero-order chi connectivity index (χ0) is 17.5. The van der Waals surface area contributed by atoms with Crippen molar-refractivity contribution in [2.75, 3.05) is 20.8 Å². The second kappa shape index (κ2) is 8.11. The molecule has 0 aliphatic heterocycles. The summed E-state index contributed by atoms with van der Waals surface area (Å²) in [5.41, 5.74) is 0.199. The highest BCUT2D eigenvalue weighted by atomic mass is 32.1. The van der Waals surface area contributed by atoms with Gasteiger partial charge in [0.05, 0.1) is 24.7 Å². The molecule has 8 heteroatoms. The minimum Gasteiger partial charge on any atom is -0.493 e. The molecule has 0 aliphatic rings. The number of rotatable bonds is 6. The van der Waals surface area contributed by atoms with Crippen LogP contribution in [-0.2, 0) is 9.53 Å². The third kappa shape index (κ3) is 4.32. The number of carbonyl (C=O) groups excluding carboxylic acids is 3. The number of nitrogens with one attached hydrogen (secondary N) is 1. The first kappa shape index (κ1) is 17.5. The molecule has 0 fully saturated rings. The monoisotopic (exact) mass is 349 g/mol. The van der Waals surface area contributed by atoms with E-state index >= 15 is 0 Å². The van der Waals surface area contributed by atoms with Gasteiger partial charge >= 0.3 is 5.97 Å². The SMILES string of the molecule is COc1ccc(C(=O)OCC(=O)NC(=O)c2cccs2)cc1OC. The molecule has 0 spiro atoms. The van der Waals surface area contributed by atoms with Gasteiger partial charge in [-0.1, -0.05) is 6.07 Å². The molecule has 1 aromatic heterocycles. The van der Waals surface area contributed by atoms with Gasteiger partial charge in [-0.2, -0.15) is 0 Å². The fourth-order valence-corrected chi connectivity index (χ4v) is 2.43. The largest absolute Gasteiger partial charge is 0.493 e. The third-order valence-electron chi connectivity index (χ3n) is 2.95. The molecular weight excluding hydrogens is 334 g/mol. The van der Waals surface area contributed by atoms with Crippen LogP contribution in [0.1, 0.15) is 20.0 Å². The molecule has 0 saturated carbocycles. The van der Waals surface area contributed by atoms with E-state index in [4.69, 9.17) is 14.2 Å². The van der Waals surface area contributed by atoms with Crippen LogP contribution in [0.25, 0.3) is 0 Å². The summed E-state index contributed by atoms with van der Waals surface area (Å²) < 4.78 is 15.0. The summed E-state index contributed by atoms with van der Waals surface area (Å²) in [5.74, 6) is -1.12. The Balaban J connectivity index is 1.90. The lowest BCUT2D eigenvalue weighted by Gasteiger charge is -2.09. The number of benzene rings is 1. The van der Waals surface area contributed by atoms with Crippen LogP contribution in [0.5, 0.6) is 11.5 Å². The summed E-state index contributed by atoms with van der Waals surface area (Å²) >= 11 is 1.20. The van der Waals surface area contributed by atoms with Crippen molar-refractivity contribution < 1.29 is 28.6 Å².